The molecular weight excluding hydrogens is 144 g/mol. The molecule has 0 radical (unpaired) electrons. The van der Waals surface area contributed by atoms with Gasteiger partial charge in [0.25, 0.3) is 0 Å². The molecule has 0 heterocycles. The molecule has 0 aliphatic rings. The number of hydrogen-bond donors (Lipinski definition) is 4. The smallest absolute Gasteiger partial charge is 0.188 e. The fourth-order valence-electron chi connectivity index (χ4n) is 0.556. The lowest BCUT2D eigenvalue weighted by atomic mass is 10.4. The molecule has 0 aromatic rings. The summed E-state index contributed by atoms with van der Waals surface area (Å²) in [7, 11) is 0. The van der Waals surface area contributed by atoms with Crippen molar-refractivity contribution in [2.75, 3.05) is 0 Å². The summed E-state index contributed by atoms with van der Waals surface area (Å²) in [6.07, 6.45) is 0.306. The second-order valence-corrected chi connectivity index (χ2v) is 2.00. The standard InChI is InChI=1S/C5H14N6/c1-2-3(10-4(6)7)11-5(8)9/h3H,2H2,1H3,(H4,6,7,10)(H4,8,9,11). The Kier molecular flexibility index (Phi) is 3.79. The molecule has 0 atom stereocenters. The zero-order chi connectivity index (χ0) is 8.85. The normalized spacial score (nSPS) is 9.27. The summed E-state index contributed by atoms with van der Waals surface area (Å²) < 4.78 is 0. The van der Waals surface area contributed by atoms with Crippen LogP contribution in [0, 0.1) is 0 Å². The van der Waals surface area contributed by atoms with Crippen molar-refractivity contribution in [2.24, 2.45) is 32.9 Å². The lowest BCUT2D eigenvalue weighted by Gasteiger charge is -2.03. The SMILES string of the molecule is CCC(N=C(N)N)N=C(N)N. The van der Waals surface area contributed by atoms with Crippen molar-refractivity contribution in [1.82, 2.24) is 0 Å². The van der Waals surface area contributed by atoms with Crippen LogP contribution in [0.4, 0.5) is 0 Å². The Labute approximate surface area is 65.3 Å². The molecule has 0 spiro atoms. The monoisotopic (exact) mass is 158 g/mol. The van der Waals surface area contributed by atoms with Gasteiger partial charge in [0, 0.05) is 0 Å². The van der Waals surface area contributed by atoms with E-state index in [2.05, 4.69) is 9.98 Å². The van der Waals surface area contributed by atoms with Crippen molar-refractivity contribution in [3.05, 3.63) is 0 Å². The van der Waals surface area contributed by atoms with Crippen LogP contribution in [-0.4, -0.2) is 18.1 Å². The molecule has 0 saturated heterocycles. The van der Waals surface area contributed by atoms with E-state index in [1.165, 1.54) is 0 Å². The van der Waals surface area contributed by atoms with E-state index < -0.39 is 0 Å². The van der Waals surface area contributed by atoms with Crippen molar-refractivity contribution >= 4 is 11.9 Å². The van der Waals surface area contributed by atoms with Gasteiger partial charge in [-0.3, -0.25) is 0 Å². The molecule has 11 heavy (non-hydrogen) atoms. The fourth-order valence-corrected chi connectivity index (χ4v) is 0.556. The van der Waals surface area contributed by atoms with Crippen LogP contribution in [0.1, 0.15) is 13.3 Å². The van der Waals surface area contributed by atoms with Gasteiger partial charge >= 0.3 is 0 Å². The molecule has 0 saturated carbocycles. The Balaban J connectivity index is 4.19. The molecule has 0 fully saturated rings. The van der Waals surface area contributed by atoms with Crippen LogP contribution in [0.15, 0.2) is 9.98 Å². The first-order valence-corrected chi connectivity index (χ1v) is 3.23. The van der Waals surface area contributed by atoms with Crippen molar-refractivity contribution in [3.8, 4) is 0 Å². The molecule has 0 aromatic carbocycles. The number of hydrogen-bond acceptors (Lipinski definition) is 2. The molecule has 0 bridgehead atoms. The van der Waals surface area contributed by atoms with Gasteiger partial charge in [-0.25, -0.2) is 9.98 Å². The minimum absolute atomic E-state index is 0.0122. The van der Waals surface area contributed by atoms with Crippen molar-refractivity contribution in [2.45, 2.75) is 19.5 Å². The molecular formula is C5H14N6. The molecule has 6 nitrogen and oxygen atoms in total. The van der Waals surface area contributed by atoms with Gasteiger partial charge in [0.05, 0.1) is 0 Å². The van der Waals surface area contributed by atoms with Gasteiger partial charge in [-0.1, -0.05) is 6.92 Å². The summed E-state index contributed by atoms with van der Waals surface area (Å²) in [6, 6.07) is 0. The Morgan fingerprint density at radius 2 is 1.45 bits per heavy atom. The molecule has 0 aliphatic heterocycles. The lowest BCUT2D eigenvalue weighted by Crippen LogP contribution is -2.28. The Hall–Kier alpha value is -1.46. The minimum atomic E-state index is -0.356. The Bertz CT molecular complexity index is 146. The maximum absolute atomic E-state index is 5.12. The summed E-state index contributed by atoms with van der Waals surface area (Å²) in [6.45, 7) is 1.88. The van der Waals surface area contributed by atoms with Crippen LogP contribution >= 0.6 is 0 Å². The summed E-state index contributed by atoms with van der Waals surface area (Å²) in [5, 5.41) is 0. The zero-order valence-corrected chi connectivity index (χ0v) is 6.49. The van der Waals surface area contributed by atoms with Gasteiger partial charge in [-0.2, -0.15) is 0 Å². The average molecular weight is 158 g/mol. The van der Waals surface area contributed by atoms with Crippen LogP contribution in [-0.2, 0) is 0 Å². The predicted octanol–water partition coefficient (Wildman–Crippen LogP) is -1.73. The van der Waals surface area contributed by atoms with E-state index in [1.807, 2.05) is 6.92 Å². The minimum Gasteiger partial charge on any atom is -0.370 e. The van der Waals surface area contributed by atoms with Gasteiger partial charge in [0.15, 0.2) is 11.9 Å². The number of nitrogens with two attached hydrogens (primary N) is 4. The Morgan fingerprint density at radius 3 is 1.64 bits per heavy atom. The maximum atomic E-state index is 5.12. The molecule has 8 N–H and O–H groups in total. The summed E-state index contributed by atoms with van der Waals surface area (Å²) in [5.41, 5.74) is 20.5. The quantitative estimate of drug-likeness (QED) is 0.287. The Morgan fingerprint density at radius 1 is 1.09 bits per heavy atom. The van der Waals surface area contributed by atoms with Crippen LogP contribution in [0.25, 0.3) is 0 Å². The molecule has 0 rings (SSSR count). The van der Waals surface area contributed by atoms with E-state index in [0.29, 0.717) is 6.42 Å². The second kappa shape index (κ2) is 4.37. The van der Waals surface area contributed by atoms with E-state index in [9.17, 15) is 0 Å². The third-order valence-corrected chi connectivity index (χ3v) is 0.961. The average Bonchev–Trinajstić information content (AvgIpc) is 1.84. The summed E-state index contributed by atoms with van der Waals surface area (Å²) in [4.78, 5) is 7.52. The van der Waals surface area contributed by atoms with E-state index in [1.54, 1.807) is 0 Å². The van der Waals surface area contributed by atoms with Crippen LogP contribution < -0.4 is 22.9 Å². The highest BCUT2D eigenvalue weighted by Gasteiger charge is 1.99. The number of rotatable bonds is 3. The second-order valence-electron chi connectivity index (χ2n) is 2.00. The maximum Gasteiger partial charge on any atom is 0.188 e. The van der Waals surface area contributed by atoms with Crippen LogP contribution in [0.2, 0.25) is 0 Å². The van der Waals surface area contributed by atoms with Gasteiger partial charge < -0.3 is 22.9 Å². The summed E-state index contributed by atoms with van der Waals surface area (Å²) in [5.74, 6) is -0.0244. The number of guanidine groups is 2. The third kappa shape index (κ3) is 5.01. The van der Waals surface area contributed by atoms with Crippen LogP contribution in [0.3, 0.4) is 0 Å². The first-order chi connectivity index (χ1) is 5.06. The van der Waals surface area contributed by atoms with Crippen molar-refractivity contribution < 1.29 is 0 Å². The highest BCUT2D eigenvalue weighted by atomic mass is 15.1. The summed E-state index contributed by atoms with van der Waals surface area (Å²) >= 11 is 0. The van der Waals surface area contributed by atoms with Crippen molar-refractivity contribution in [1.29, 1.82) is 0 Å². The molecule has 0 unspecified atom stereocenters. The largest absolute Gasteiger partial charge is 0.370 e. The van der Waals surface area contributed by atoms with Crippen molar-refractivity contribution in [3.63, 3.8) is 0 Å². The zero-order valence-electron chi connectivity index (χ0n) is 6.49. The molecule has 0 aromatic heterocycles. The van der Waals surface area contributed by atoms with Gasteiger partial charge in [-0.15, -0.1) is 0 Å². The fraction of sp³-hybridized carbons (Fsp3) is 0.600. The number of aliphatic imine (C=N–C) groups is 2. The van der Waals surface area contributed by atoms with E-state index >= 15 is 0 Å². The molecule has 6 heteroatoms. The topological polar surface area (TPSA) is 129 Å². The third-order valence-electron chi connectivity index (χ3n) is 0.961. The van der Waals surface area contributed by atoms with E-state index in [-0.39, 0.29) is 18.1 Å². The predicted molar refractivity (Wildman–Crippen MR) is 45.7 cm³/mol. The molecule has 0 aliphatic carbocycles. The van der Waals surface area contributed by atoms with E-state index in [0.717, 1.165) is 0 Å². The van der Waals surface area contributed by atoms with E-state index in [4.69, 9.17) is 22.9 Å². The first-order valence-electron chi connectivity index (χ1n) is 3.23. The van der Waals surface area contributed by atoms with Gasteiger partial charge in [0.2, 0.25) is 0 Å². The highest BCUT2D eigenvalue weighted by molar-refractivity contribution is 5.77. The lowest BCUT2D eigenvalue weighted by molar-refractivity contribution is 0.683. The molecule has 64 valence electrons. The first kappa shape index (κ1) is 9.54. The highest BCUT2D eigenvalue weighted by Crippen LogP contribution is 1.96. The van der Waals surface area contributed by atoms with Gasteiger partial charge in [0.1, 0.15) is 6.17 Å². The number of nitrogens with zero attached hydrogens (tertiary/aromatic N) is 2. The van der Waals surface area contributed by atoms with Gasteiger partial charge in [-0.05, 0) is 6.42 Å². The van der Waals surface area contributed by atoms with Crippen LogP contribution in [0.5, 0.6) is 0 Å². The molecule has 0 amide bonds.